The van der Waals surface area contributed by atoms with Gasteiger partial charge in [-0.1, -0.05) is 18.2 Å². The first kappa shape index (κ1) is 12.0. The van der Waals surface area contributed by atoms with Gasteiger partial charge in [0.1, 0.15) is 6.33 Å². The molecule has 0 atom stereocenters. The SMILES string of the molecule is O=c1[nH]c2nncc2c2nc3ncn(-c4ccccc4)n3cc12. The van der Waals surface area contributed by atoms with Crippen LogP contribution >= 0.6 is 0 Å². The van der Waals surface area contributed by atoms with Gasteiger partial charge in [-0.15, -0.1) is 5.10 Å². The fourth-order valence-electron chi connectivity index (χ4n) is 2.70. The molecule has 8 heteroatoms. The van der Waals surface area contributed by atoms with Crippen LogP contribution in [-0.4, -0.2) is 34.3 Å². The Labute approximate surface area is 128 Å². The van der Waals surface area contributed by atoms with Crippen LogP contribution < -0.4 is 5.56 Å². The van der Waals surface area contributed by atoms with E-state index in [1.165, 1.54) is 0 Å². The van der Waals surface area contributed by atoms with Crippen LogP contribution in [0.4, 0.5) is 0 Å². The number of H-pyrrole nitrogens is 1. The minimum Gasteiger partial charge on any atom is -0.304 e. The number of nitrogens with one attached hydrogen (secondary N) is 1. The van der Waals surface area contributed by atoms with Crippen LogP contribution in [0.25, 0.3) is 33.4 Å². The lowest BCUT2D eigenvalue weighted by molar-refractivity contribution is 0.794. The first-order chi connectivity index (χ1) is 11.3. The first-order valence-corrected chi connectivity index (χ1v) is 6.97. The van der Waals surface area contributed by atoms with Gasteiger partial charge in [-0.05, 0) is 12.1 Å². The van der Waals surface area contributed by atoms with Crippen molar-refractivity contribution in [2.45, 2.75) is 0 Å². The second-order valence-corrected chi connectivity index (χ2v) is 5.13. The Bertz CT molecular complexity index is 1230. The van der Waals surface area contributed by atoms with E-state index in [0.717, 1.165) is 5.69 Å². The molecule has 0 radical (unpaired) electrons. The van der Waals surface area contributed by atoms with Gasteiger partial charge in [-0.25, -0.2) is 14.2 Å². The van der Waals surface area contributed by atoms with Crippen LogP contribution in [0, 0.1) is 0 Å². The van der Waals surface area contributed by atoms with Crippen molar-refractivity contribution < 1.29 is 0 Å². The van der Waals surface area contributed by atoms with Crippen molar-refractivity contribution in [3.05, 3.63) is 59.4 Å². The molecule has 0 amide bonds. The maximum Gasteiger partial charge on any atom is 0.260 e. The van der Waals surface area contributed by atoms with Crippen LogP contribution in [0.5, 0.6) is 0 Å². The van der Waals surface area contributed by atoms with Gasteiger partial charge in [0.2, 0.25) is 0 Å². The zero-order chi connectivity index (χ0) is 15.4. The Hall–Kier alpha value is -3.55. The molecule has 1 aromatic carbocycles. The van der Waals surface area contributed by atoms with E-state index in [0.29, 0.717) is 27.7 Å². The van der Waals surface area contributed by atoms with Gasteiger partial charge >= 0.3 is 0 Å². The summed E-state index contributed by atoms with van der Waals surface area (Å²) in [6, 6.07) is 9.73. The van der Waals surface area contributed by atoms with Crippen molar-refractivity contribution in [1.29, 1.82) is 0 Å². The zero-order valence-electron chi connectivity index (χ0n) is 11.7. The molecular weight excluding hydrogens is 294 g/mol. The molecule has 0 aliphatic carbocycles. The second kappa shape index (κ2) is 4.23. The molecule has 110 valence electrons. The van der Waals surface area contributed by atoms with Crippen molar-refractivity contribution in [1.82, 2.24) is 34.3 Å². The molecule has 4 heterocycles. The molecule has 0 saturated heterocycles. The van der Waals surface area contributed by atoms with E-state index >= 15 is 0 Å². The highest BCUT2D eigenvalue weighted by Crippen LogP contribution is 2.18. The third kappa shape index (κ3) is 1.62. The summed E-state index contributed by atoms with van der Waals surface area (Å²) >= 11 is 0. The summed E-state index contributed by atoms with van der Waals surface area (Å²) < 4.78 is 3.56. The summed E-state index contributed by atoms with van der Waals surface area (Å²) in [6.45, 7) is 0. The van der Waals surface area contributed by atoms with Crippen LogP contribution in [0.3, 0.4) is 0 Å². The Balaban J connectivity index is 1.93. The number of fused-ring (bicyclic) bond motifs is 4. The second-order valence-electron chi connectivity index (χ2n) is 5.13. The predicted molar refractivity (Wildman–Crippen MR) is 83.5 cm³/mol. The van der Waals surface area contributed by atoms with Gasteiger partial charge in [-0.3, -0.25) is 4.79 Å². The topological polar surface area (TPSA) is 93.8 Å². The van der Waals surface area contributed by atoms with Gasteiger partial charge in [0.25, 0.3) is 11.3 Å². The van der Waals surface area contributed by atoms with Crippen LogP contribution in [0.2, 0.25) is 0 Å². The largest absolute Gasteiger partial charge is 0.304 e. The smallest absolute Gasteiger partial charge is 0.260 e. The van der Waals surface area contributed by atoms with Crippen molar-refractivity contribution in [3.8, 4) is 5.69 Å². The fourth-order valence-corrected chi connectivity index (χ4v) is 2.70. The maximum absolute atomic E-state index is 12.3. The van der Waals surface area contributed by atoms with Gasteiger partial charge in [0, 0.05) is 6.20 Å². The third-order valence-corrected chi connectivity index (χ3v) is 3.79. The standard InChI is InChI=1S/C15H9N7O/c23-14-11-7-21-15(16-8-22(21)9-4-2-1-3-5-9)18-12(11)10-6-17-20-13(10)19-14/h1-8H,(H,19,20,23). The molecule has 8 nitrogen and oxygen atoms in total. The lowest BCUT2D eigenvalue weighted by atomic mass is 10.2. The maximum atomic E-state index is 12.3. The number of nitrogens with zero attached hydrogens (tertiary/aromatic N) is 6. The summed E-state index contributed by atoms with van der Waals surface area (Å²) in [7, 11) is 0. The lowest BCUT2D eigenvalue weighted by Crippen LogP contribution is -2.10. The summed E-state index contributed by atoms with van der Waals surface area (Å²) in [5, 5.41) is 8.88. The Morgan fingerprint density at radius 1 is 1.09 bits per heavy atom. The molecule has 0 fully saturated rings. The Morgan fingerprint density at radius 3 is 2.83 bits per heavy atom. The van der Waals surface area contributed by atoms with Crippen LogP contribution in [0.15, 0.2) is 53.8 Å². The highest BCUT2D eigenvalue weighted by Gasteiger charge is 2.12. The molecule has 1 N–H and O–H groups in total. The molecule has 4 aromatic heterocycles. The Morgan fingerprint density at radius 2 is 1.96 bits per heavy atom. The van der Waals surface area contributed by atoms with E-state index in [-0.39, 0.29) is 5.56 Å². The summed E-state index contributed by atoms with van der Waals surface area (Å²) in [5.74, 6) is 0.495. The van der Waals surface area contributed by atoms with Gasteiger partial charge in [0.15, 0.2) is 5.65 Å². The monoisotopic (exact) mass is 303 g/mol. The lowest BCUT2D eigenvalue weighted by Gasteiger charge is -2.06. The molecule has 0 saturated carbocycles. The van der Waals surface area contributed by atoms with E-state index in [4.69, 9.17) is 0 Å². The van der Waals surface area contributed by atoms with E-state index in [2.05, 4.69) is 25.1 Å². The van der Waals surface area contributed by atoms with Crippen LogP contribution in [0.1, 0.15) is 0 Å². The number of para-hydroxylation sites is 1. The molecule has 0 bridgehead atoms. The summed E-state index contributed by atoms with van der Waals surface area (Å²) in [6.07, 6.45) is 4.98. The molecular formula is C15H9N7O. The highest BCUT2D eigenvalue weighted by molar-refractivity contribution is 6.01. The number of hydrogen-bond acceptors (Lipinski definition) is 5. The molecule has 0 unspecified atom stereocenters. The van der Waals surface area contributed by atoms with Crippen molar-refractivity contribution in [2.24, 2.45) is 0 Å². The van der Waals surface area contributed by atoms with Crippen molar-refractivity contribution in [2.75, 3.05) is 0 Å². The Kier molecular flexibility index (Phi) is 2.21. The van der Waals surface area contributed by atoms with Crippen molar-refractivity contribution in [3.63, 3.8) is 0 Å². The molecule has 0 spiro atoms. The van der Waals surface area contributed by atoms with Gasteiger partial charge in [-0.2, -0.15) is 10.1 Å². The molecule has 23 heavy (non-hydrogen) atoms. The third-order valence-electron chi connectivity index (χ3n) is 3.79. The number of rotatable bonds is 1. The number of pyridine rings is 1. The minimum atomic E-state index is -0.254. The molecule has 0 aliphatic rings. The number of hydrogen-bond donors (Lipinski definition) is 1. The minimum absolute atomic E-state index is 0.254. The quantitative estimate of drug-likeness (QED) is 0.504. The van der Waals surface area contributed by atoms with Crippen molar-refractivity contribution >= 4 is 27.7 Å². The van der Waals surface area contributed by atoms with E-state index < -0.39 is 0 Å². The summed E-state index contributed by atoms with van der Waals surface area (Å²) in [4.78, 5) is 23.9. The van der Waals surface area contributed by atoms with E-state index in [1.807, 2.05) is 35.0 Å². The number of aromatic nitrogens is 7. The van der Waals surface area contributed by atoms with E-state index in [9.17, 15) is 4.79 Å². The highest BCUT2D eigenvalue weighted by atomic mass is 16.1. The average molecular weight is 303 g/mol. The normalized spacial score (nSPS) is 11.7. The van der Waals surface area contributed by atoms with E-state index in [1.54, 1.807) is 23.2 Å². The average Bonchev–Trinajstić information content (AvgIpc) is 3.20. The molecule has 5 aromatic rings. The van der Waals surface area contributed by atoms with Gasteiger partial charge < -0.3 is 4.98 Å². The van der Waals surface area contributed by atoms with Crippen LogP contribution in [-0.2, 0) is 0 Å². The predicted octanol–water partition coefficient (Wildman–Crippen LogP) is 1.30. The zero-order valence-corrected chi connectivity index (χ0v) is 11.7. The fraction of sp³-hybridized carbons (Fsp3) is 0. The summed E-state index contributed by atoms with van der Waals surface area (Å²) in [5.41, 5.74) is 1.65. The number of benzene rings is 1. The number of aromatic amines is 1. The molecule has 5 rings (SSSR count). The van der Waals surface area contributed by atoms with Gasteiger partial charge in [0.05, 0.1) is 28.2 Å². The molecule has 0 aliphatic heterocycles. The first-order valence-electron chi connectivity index (χ1n) is 6.97.